The second kappa shape index (κ2) is 9.99. The summed E-state index contributed by atoms with van der Waals surface area (Å²) in [7, 11) is 0. The molecule has 0 saturated heterocycles. The van der Waals surface area contributed by atoms with Gasteiger partial charge in [-0.05, 0) is 50.7 Å². The summed E-state index contributed by atoms with van der Waals surface area (Å²) in [6, 6.07) is 2.37. The minimum Gasteiger partial charge on any atom is -0.300 e. The van der Waals surface area contributed by atoms with E-state index in [0.717, 1.165) is 19.4 Å². The van der Waals surface area contributed by atoms with Crippen molar-refractivity contribution in [3.8, 4) is 6.07 Å². The molecule has 0 saturated carbocycles. The van der Waals surface area contributed by atoms with Crippen molar-refractivity contribution in [1.82, 2.24) is 5.32 Å². The van der Waals surface area contributed by atoms with E-state index < -0.39 is 0 Å². The topological polar surface area (TPSA) is 35.8 Å². The molecule has 0 aromatic rings. The highest BCUT2D eigenvalue weighted by Gasteiger charge is 2.20. The third-order valence-corrected chi connectivity index (χ3v) is 3.83. The average molecular weight is 242 g/mol. The van der Waals surface area contributed by atoms with Crippen molar-refractivity contribution >= 4 is 11.8 Å². The third-order valence-electron chi connectivity index (χ3n) is 2.67. The largest absolute Gasteiger partial charge is 0.300 e. The van der Waals surface area contributed by atoms with Crippen LogP contribution >= 0.6 is 11.8 Å². The molecule has 16 heavy (non-hydrogen) atoms. The number of unbranched alkanes of at least 4 members (excludes halogenated alkanes) is 2. The fourth-order valence-corrected chi connectivity index (χ4v) is 2.71. The van der Waals surface area contributed by atoms with Crippen LogP contribution in [0.2, 0.25) is 0 Å². The monoisotopic (exact) mass is 242 g/mol. The maximum absolute atomic E-state index is 9.07. The summed E-state index contributed by atoms with van der Waals surface area (Å²) in [5, 5.41) is 12.3. The summed E-state index contributed by atoms with van der Waals surface area (Å²) in [6.45, 7) is 7.15. The molecular formula is C13H26N2S. The van der Waals surface area contributed by atoms with Crippen LogP contribution < -0.4 is 5.32 Å². The van der Waals surface area contributed by atoms with Crippen molar-refractivity contribution in [1.29, 1.82) is 5.26 Å². The fraction of sp³-hybridized carbons (Fsp3) is 0.923. The van der Waals surface area contributed by atoms with E-state index in [9.17, 15) is 0 Å². The standard InChI is InChI=1S/C13H26N2S/c1-4-6-10-16-11-8-7-9-13(3,12-14)15-5-2/h15H,4-11H2,1-3H3. The molecule has 0 spiro atoms. The van der Waals surface area contributed by atoms with Gasteiger partial charge < -0.3 is 0 Å². The lowest BCUT2D eigenvalue weighted by Crippen LogP contribution is -2.40. The summed E-state index contributed by atoms with van der Waals surface area (Å²) >= 11 is 2.05. The van der Waals surface area contributed by atoms with Gasteiger partial charge in [0.15, 0.2) is 0 Å². The van der Waals surface area contributed by atoms with Gasteiger partial charge in [0, 0.05) is 0 Å². The van der Waals surface area contributed by atoms with E-state index in [2.05, 4.69) is 25.2 Å². The molecule has 0 aromatic carbocycles. The van der Waals surface area contributed by atoms with E-state index >= 15 is 0 Å². The zero-order valence-corrected chi connectivity index (χ0v) is 11.8. The van der Waals surface area contributed by atoms with Crippen LogP contribution in [0.5, 0.6) is 0 Å². The van der Waals surface area contributed by atoms with Crippen LogP contribution in [0.25, 0.3) is 0 Å². The molecule has 1 unspecified atom stereocenters. The van der Waals surface area contributed by atoms with Gasteiger partial charge in [-0.15, -0.1) is 0 Å². The molecule has 2 nitrogen and oxygen atoms in total. The number of nitrogens with one attached hydrogen (secondary N) is 1. The van der Waals surface area contributed by atoms with Crippen molar-refractivity contribution < 1.29 is 0 Å². The first kappa shape index (κ1) is 15.8. The highest BCUT2D eigenvalue weighted by Crippen LogP contribution is 2.15. The predicted molar refractivity (Wildman–Crippen MR) is 73.8 cm³/mol. The number of thioether (sulfide) groups is 1. The van der Waals surface area contributed by atoms with E-state index in [1.54, 1.807) is 0 Å². The van der Waals surface area contributed by atoms with E-state index in [1.165, 1.54) is 30.8 Å². The van der Waals surface area contributed by atoms with Gasteiger partial charge >= 0.3 is 0 Å². The van der Waals surface area contributed by atoms with Gasteiger partial charge in [-0.2, -0.15) is 17.0 Å². The molecule has 94 valence electrons. The van der Waals surface area contributed by atoms with E-state index in [0.29, 0.717) is 0 Å². The Morgan fingerprint density at radius 3 is 2.44 bits per heavy atom. The summed E-state index contributed by atoms with van der Waals surface area (Å²) in [5.41, 5.74) is -0.317. The van der Waals surface area contributed by atoms with Gasteiger partial charge in [0.05, 0.1) is 6.07 Å². The maximum atomic E-state index is 9.07. The highest BCUT2D eigenvalue weighted by molar-refractivity contribution is 7.99. The molecule has 0 radical (unpaired) electrons. The lowest BCUT2D eigenvalue weighted by molar-refractivity contribution is 0.415. The first-order valence-electron chi connectivity index (χ1n) is 6.42. The van der Waals surface area contributed by atoms with Gasteiger partial charge in [-0.3, -0.25) is 5.32 Å². The van der Waals surface area contributed by atoms with Crippen molar-refractivity contribution in [2.75, 3.05) is 18.1 Å². The third kappa shape index (κ3) is 8.01. The van der Waals surface area contributed by atoms with Crippen LogP contribution in [-0.4, -0.2) is 23.6 Å². The van der Waals surface area contributed by atoms with Gasteiger partial charge in [-0.25, -0.2) is 0 Å². The lowest BCUT2D eigenvalue weighted by atomic mass is 9.97. The summed E-state index contributed by atoms with van der Waals surface area (Å²) in [4.78, 5) is 0. The van der Waals surface area contributed by atoms with Crippen molar-refractivity contribution in [2.45, 2.75) is 58.4 Å². The summed E-state index contributed by atoms with van der Waals surface area (Å²) in [5.74, 6) is 2.53. The van der Waals surface area contributed by atoms with Crippen molar-refractivity contribution in [3.05, 3.63) is 0 Å². The summed E-state index contributed by atoms with van der Waals surface area (Å²) < 4.78 is 0. The average Bonchev–Trinajstić information content (AvgIpc) is 2.28. The molecule has 0 bridgehead atoms. The first-order valence-corrected chi connectivity index (χ1v) is 7.58. The molecule has 0 amide bonds. The smallest absolute Gasteiger partial charge is 0.103 e. The normalized spacial score (nSPS) is 14.4. The van der Waals surface area contributed by atoms with Crippen LogP contribution in [0.15, 0.2) is 0 Å². The molecule has 1 atom stereocenters. The number of rotatable bonds is 10. The van der Waals surface area contributed by atoms with Gasteiger partial charge in [-0.1, -0.05) is 20.3 Å². The minimum atomic E-state index is -0.317. The zero-order valence-electron chi connectivity index (χ0n) is 11.0. The lowest BCUT2D eigenvalue weighted by Gasteiger charge is -2.22. The Kier molecular flexibility index (Phi) is 9.86. The van der Waals surface area contributed by atoms with Crippen LogP contribution in [0.1, 0.15) is 52.9 Å². The quantitative estimate of drug-likeness (QED) is 0.595. The number of hydrogen-bond donors (Lipinski definition) is 1. The Bertz CT molecular complexity index is 201. The molecule has 0 aliphatic heterocycles. The number of nitrogens with zero attached hydrogens (tertiary/aromatic N) is 1. The SMILES string of the molecule is CCCCSCCCCC(C)(C#N)NCC. The molecule has 1 N–H and O–H groups in total. The second-order valence-corrected chi connectivity index (χ2v) is 5.62. The zero-order chi connectivity index (χ0) is 12.3. The molecule has 0 fully saturated rings. The molecule has 0 aromatic heterocycles. The molecule has 0 heterocycles. The molecule has 0 aliphatic carbocycles. The van der Waals surface area contributed by atoms with Crippen LogP contribution in [0, 0.1) is 11.3 Å². The number of hydrogen-bond acceptors (Lipinski definition) is 3. The van der Waals surface area contributed by atoms with Crippen molar-refractivity contribution in [3.63, 3.8) is 0 Å². The van der Waals surface area contributed by atoms with Gasteiger partial charge in [0.2, 0.25) is 0 Å². The Morgan fingerprint density at radius 2 is 1.88 bits per heavy atom. The predicted octanol–water partition coefficient (Wildman–Crippen LogP) is 3.58. The van der Waals surface area contributed by atoms with Crippen LogP contribution in [0.4, 0.5) is 0 Å². The fourth-order valence-electron chi connectivity index (χ4n) is 1.61. The Labute approximate surface area is 105 Å². The minimum absolute atomic E-state index is 0.317. The Hall–Kier alpha value is -0.200. The molecule has 3 heteroatoms. The van der Waals surface area contributed by atoms with Gasteiger partial charge in [0.25, 0.3) is 0 Å². The second-order valence-electron chi connectivity index (χ2n) is 4.40. The number of nitriles is 1. The Balaban J connectivity index is 3.46. The highest BCUT2D eigenvalue weighted by atomic mass is 32.2. The first-order chi connectivity index (χ1) is 7.68. The van der Waals surface area contributed by atoms with Crippen LogP contribution in [0.3, 0.4) is 0 Å². The molecular weight excluding hydrogens is 216 g/mol. The molecule has 0 aliphatic rings. The Morgan fingerprint density at radius 1 is 1.19 bits per heavy atom. The molecule has 0 rings (SSSR count). The van der Waals surface area contributed by atoms with E-state index in [4.69, 9.17) is 5.26 Å². The summed E-state index contributed by atoms with van der Waals surface area (Å²) in [6.07, 6.45) is 5.97. The van der Waals surface area contributed by atoms with Crippen molar-refractivity contribution in [2.24, 2.45) is 0 Å². The van der Waals surface area contributed by atoms with E-state index in [-0.39, 0.29) is 5.54 Å². The van der Waals surface area contributed by atoms with Crippen LogP contribution in [-0.2, 0) is 0 Å². The maximum Gasteiger partial charge on any atom is 0.103 e. The van der Waals surface area contributed by atoms with Gasteiger partial charge in [0.1, 0.15) is 5.54 Å². The van der Waals surface area contributed by atoms with E-state index in [1.807, 2.05) is 18.7 Å².